The van der Waals surface area contributed by atoms with E-state index in [4.69, 9.17) is 5.11 Å². The molecular weight excluding hydrogens is 226 g/mol. The van der Waals surface area contributed by atoms with Crippen molar-refractivity contribution in [1.29, 1.82) is 0 Å². The first kappa shape index (κ1) is 14.7. The van der Waals surface area contributed by atoms with Crippen molar-refractivity contribution in [2.45, 2.75) is 39.5 Å². The Morgan fingerprint density at radius 2 is 1.94 bits per heavy atom. The highest BCUT2D eigenvalue weighted by molar-refractivity contribution is 5.76. The molecule has 18 heavy (non-hydrogen) atoms. The molecule has 0 aliphatic heterocycles. The molecule has 100 valence electrons. The molecule has 0 radical (unpaired) electrons. The van der Waals surface area contributed by atoms with Gasteiger partial charge in [-0.3, -0.25) is 4.79 Å². The number of carbonyl (C=O) groups excluding carboxylic acids is 1. The predicted octanol–water partition coefficient (Wildman–Crippen LogP) is 2.08. The van der Waals surface area contributed by atoms with Crippen molar-refractivity contribution >= 4 is 5.91 Å². The second-order valence-electron chi connectivity index (χ2n) is 5.43. The van der Waals surface area contributed by atoms with E-state index in [2.05, 4.69) is 51.2 Å². The minimum Gasteiger partial charge on any atom is -0.396 e. The molecule has 1 rings (SSSR count). The third kappa shape index (κ3) is 3.84. The lowest BCUT2D eigenvalue weighted by atomic mass is 9.83. The van der Waals surface area contributed by atoms with E-state index in [9.17, 15) is 4.79 Å². The molecular formula is C15H23NO2. The minimum absolute atomic E-state index is 0.101. The Labute approximate surface area is 109 Å². The van der Waals surface area contributed by atoms with Crippen LogP contribution in [0, 0.1) is 13.8 Å². The number of amides is 1. The average molecular weight is 249 g/mol. The summed E-state index contributed by atoms with van der Waals surface area (Å²) in [6.45, 7) is 8.88. The summed E-state index contributed by atoms with van der Waals surface area (Å²) in [5.74, 6) is -0.102. The molecule has 0 aliphatic carbocycles. The van der Waals surface area contributed by atoms with Crippen LogP contribution in [0.15, 0.2) is 18.2 Å². The lowest BCUT2D eigenvalue weighted by Gasteiger charge is -2.26. The summed E-state index contributed by atoms with van der Waals surface area (Å²) in [7, 11) is 0. The van der Waals surface area contributed by atoms with Gasteiger partial charge in [0.1, 0.15) is 0 Å². The Morgan fingerprint density at radius 1 is 1.28 bits per heavy atom. The minimum atomic E-state index is -0.108. The van der Waals surface area contributed by atoms with Crippen molar-refractivity contribution in [1.82, 2.24) is 5.32 Å². The number of rotatable bonds is 5. The molecule has 0 saturated heterocycles. The Kier molecular flexibility index (Phi) is 4.91. The fourth-order valence-electron chi connectivity index (χ4n) is 1.77. The van der Waals surface area contributed by atoms with Gasteiger partial charge in [-0.1, -0.05) is 32.0 Å². The smallest absolute Gasteiger partial charge is 0.222 e. The molecule has 0 heterocycles. The largest absolute Gasteiger partial charge is 0.396 e. The summed E-state index contributed by atoms with van der Waals surface area (Å²) >= 11 is 0. The van der Waals surface area contributed by atoms with Crippen LogP contribution < -0.4 is 5.32 Å². The summed E-state index contributed by atoms with van der Waals surface area (Å²) in [6.07, 6.45) is 0.170. The van der Waals surface area contributed by atoms with Gasteiger partial charge in [0, 0.05) is 18.4 Å². The van der Waals surface area contributed by atoms with Crippen molar-refractivity contribution in [3.8, 4) is 0 Å². The van der Waals surface area contributed by atoms with E-state index >= 15 is 0 Å². The van der Waals surface area contributed by atoms with Gasteiger partial charge in [0.2, 0.25) is 5.91 Å². The van der Waals surface area contributed by atoms with Gasteiger partial charge >= 0.3 is 0 Å². The van der Waals surface area contributed by atoms with Gasteiger partial charge in [0.25, 0.3) is 0 Å². The number of aliphatic hydroxyl groups excluding tert-OH is 1. The Bertz CT molecular complexity index is 425. The van der Waals surface area contributed by atoms with Crippen LogP contribution in [0.2, 0.25) is 0 Å². The molecule has 0 unspecified atom stereocenters. The van der Waals surface area contributed by atoms with Crippen LogP contribution in [-0.2, 0) is 10.2 Å². The van der Waals surface area contributed by atoms with Crippen molar-refractivity contribution in [3.05, 3.63) is 34.9 Å². The van der Waals surface area contributed by atoms with E-state index in [1.54, 1.807) is 0 Å². The molecule has 0 saturated carbocycles. The number of benzene rings is 1. The van der Waals surface area contributed by atoms with E-state index in [0.29, 0.717) is 6.54 Å². The van der Waals surface area contributed by atoms with Crippen LogP contribution in [0.3, 0.4) is 0 Å². The molecule has 3 heteroatoms. The fourth-order valence-corrected chi connectivity index (χ4v) is 1.77. The van der Waals surface area contributed by atoms with Gasteiger partial charge in [-0.25, -0.2) is 0 Å². The fraction of sp³-hybridized carbons (Fsp3) is 0.533. The summed E-state index contributed by atoms with van der Waals surface area (Å²) in [5, 5.41) is 11.5. The molecule has 0 bridgehead atoms. The molecule has 1 aromatic carbocycles. The topological polar surface area (TPSA) is 49.3 Å². The second kappa shape index (κ2) is 6.01. The van der Waals surface area contributed by atoms with Crippen LogP contribution in [0.25, 0.3) is 0 Å². The van der Waals surface area contributed by atoms with Gasteiger partial charge in [-0.15, -0.1) is 0 Å². The maximum atomic E-state index is 11.4. The number of nitrogens with one attached hydrogen (secondary N) is 1. The maximum absolute atomic E-state index is 11.4. The molecule has 2 N–H and O–H groups in total. The molecule has 3 nitrogen and oxygen atoms in total. The van der Waals surface area contributed by atoms with Gasteiger partial charge < -0.3 is 10.4 Å². The molecule has 0 atom stereocenters. The summed E-state index contributed by atoms with van der Waals surface area (Å²) in [6, 6.07) is 6.40. The third-order valence-corrected chi connectivity index (χ3v) is 3.35. The summed E-state index contributed by atoms with van der Waals surface area (Å²) < 4.78 is 0. The zero-order valence-electron chi connectivity index (χ0n) is 11.7. The highest BCUT2D eigenvalue weighted by Gasteiger charge is 2.21. The molecule has 1 aromatic rings. The lowest BCUT2D eigenvalue weighted by molar-refractivity contribution is -0.121. The monoisotopic (exact) mass is 249 g/mol. The number of carbonyl (C=O) groups is 1. The predicted molar refractivity (Wildman–Crippen MR) is 73.7 cm³/mol. The second-order valence-corrected chi connectivity index (χ2v) is 5.43. The van der Waals surface area contributed by atoms with E-state index in [0.717, 1.165) is 0 Å². The number of hydrogen-bond acceptors (Lipinski definition) is 2. The molecule has 0 fully saturated rings. The quantitative estimate of drug-likeness (QED) is 0.839. The summed E-state index contributed by atoms with van der Waals surface area (Å²) in [5.41, 5.74) is 3.65. The zero-order valence-corrected chi connectivity index (χ0v) is 11.7. The van der Waals surface area contributed by atoms with Crippen molar-refractivity contribution in [3.63, 3.8) is 0 Å². The Balaban J connectivity index is 2.73. The average Bonchev–Trinajstić information content (AvgIpc) is 2.30. The zero-order chi connectivity index (χ0) is 13.8. The van der Waals surface area contributed by atoms with Gasteiger partial charge in [-0.05, 0) is 30.5 Å². The normalized spacial score (nSPS) is 11.4. The molecule has 0 spiro atoms. The highest BCUT2D eigenvalue weighted by atomic mass is 16.3. The number of aliphatic hydroxyl groups is 1. The number of hydrogen-bond donors (Lipinski definition) is 2. The van der Waals surface area contributed by atoms with Crippen LogP contribution >= 0.6 is 0 Å². The highest BCUT2D eigenvalue weighted by Crippen LogP contribution is 2.24. The van der Waals surface area contributed by atoms with Crippen LogP contribution in [0.4, 0.5) is 0 Å². The molecule has 1 amide bonds. The maximum Gasteiger partial charge on any atom is 0.222 e. The van der Waals surface area contributed by atoms with E-state index in [1.807, 2.05) is 0 Å². The standard InChI is InChI=1S/C15H23NO2/c1-11-5-6-13(9-12(11)2)15(3,4)10-16-14(18)7-8-17/h5-6,9,17H,7-8,10H2,1-4H3,(H,16,18). The van der Waals surface area contributed by atoms with Crippen LogP contribution in [0.5, 0.6) is 0 Å². The van der Waals surface area contributed by atoms with Crippen molar-refractivity contribution < 1.29 is 9.90 Å². The third-order valence-electron chi connectivity index (χ3n) is 3.35. The first-order valence-electron chi connectivity index (χ1n) is 6.32. The summed E-state index contributed by atoms with van der Waals surface area (Å²) in [4.78, 5) is 11.4. The van der Waals surface area contributed by atoms with E-state index < -0.39 is 0 Å². The Morgan fingerprint density at radius 3 is 2.50 bits per heavy atom. The lowest BCUT2D eigenvalue weighted by Crippen LogP contribution is -2.37. The molecule has 0 aliphatic rings. The van der Waals surface area contributed by atoms with Gasteiger partial charge in [0.15, 0.2) is 0 Å². The van der Waals surface area contributed by atoms with Gasteiger partial charge in [0.05, 0.1) is 6.61 Å². The molecule has 0 aromatic heterocycles. The van der Waals surface area contributed by atoms with E-state index in [-0.39, 0.29) is 24.3 Å². The van der Waals surface area contributed by atoms with Crippen molar-refractivity contribution in [2.75, 3.05) is 13.2 Å². The van der Waals surface area contributed by atoms with Crippen LogP contribution in [0.1, 0.15) is 37.0 Å². The first-order chi connectivity index (χ1) is 8.36. The van der Waals surface area contributed by atoms with Gasteiger partial charge in [-0.2, -0.15) is 0 Å². The SMILES string of the molecule is Cc1ccc(C(C)(C)CNC(=O)CCO)cc1C. The van der Waals surface area contributed by atoms with E-state index in [1.165, 1.54) is 16.7 Å². The Hall–Kier alpha value is -1.35. The van der Waals surface area contributed by atoms with Crippen LogP contribution in [-0.4, -0.2) is 24.2 Å². The number of aryl methyl sites for hydroxylation is 2. The van der Waals surface area contributed by atoms with Crippen molar-refractivity contribution in [2.24, 2.45) is 0 Å². The first-order valence-corrected chi connectivity index (χ1v) is 6.32.